The van der Waals surface area contributed by atoms with E-state index in [-0.39, 0.29) is 49.3 Å². The van der Waals surface area contributed by atoms with Crippen molar-refractivity contribution in [3.8, 4) is 0 Å². The van der Waals surface area contributed by atoms with E-state index in [1.807, 2.05) is 41.5 Å². The van der Waals surface area contributed by atoms with Crippen LogP contribution in [0.5, 0.6) is 0 Å². The monoisotopic (exact) mass is 677 g/mol. The maximum atomic E-state index is 9.03. The van der Waals surface area contributed by atoms with Crippen LogP contribution in [0.15, 0.2) is 0 Å². The molecule has 0 rings (SSSR count). The maximum Gasteiger partial charge on any atom is 0.0781 e. The largest absolute Gasteiger partial charge is 0.394 e. The molecule has 7 unspecified atom stereocenters. The summed E-state index contributed by atoms with van der Waals surface area (Å²) in [5, 5.41) is 9.03. The van der Waals surface area contributed by atoms with Crippen LogP contribution in [-0.2, 0) is 33.2 Å². The fourth-order valence-corrected chi connectivity index (χ4v) is 5.07. The molecule has 0 aliphatic carbocycles. The Labute approximate surface area is 291 Å². The Morgan fingerprint density at radius 1 is 0.319 bits per heavy atom. The Hall–Kier alpha value is -0.320. The highest BCUT2D eigenvalue weighted by molar-refractivity contribution is 4.59. The average molecular weight is 677 g/mol. The Bertz CT molecular complexity index is 624. The normalized spacial score (nSPS) is 16.5. The molecule has 0 radical (unpaired) electrons. The van der Waals surface area contributed by atoms with E-state index in [9.17, 15) is 0 Å². The van der Waals surface area contributed by atoms with Gasteiger partial charge in [-0.25, -0.2) is 0 Å². The molecule has 8 heteroatoms. The summed E-state index contributed by atoms with van der Waals surface area (Å²) in [4.78, 5) is 0. The van der Waals surface area contributed by atoms with Crippen LogP contribution in [0.25, 0.3) is 0 Å². The van der Waals surface area contributed by atoms with Crippen LogP contribution in [0.3, 0.4) is 0 Å². The predicted octanol–water partition coefficient (Wildman–Crippen LogP) is 9.08. The van der Waals surface area contributed by atoms with Crippen molar-refractivity contribution >= 4 is 0 Å². The summed E-state index contributed by atoms with van der Waals surface area (Å²) in [6, 6.07) is 0. The topological polar surface area (TPSA) is 84.8 Å². The fourth-order valence-electron chi connectivity index (χ4n) is 5.07. The highest BCUT2D eigenvalue weighted by atomic mass is 16.6. The van der Waals surface area contributed by atoms with E-state index < -0.39 is 0 Å². The Kier molecular flexibility index (Phi) is 33.9. The number of hydrogen-bond donors (Lipinski definition) is 1. The molecular weight excluding hydrogens is 596 g/mol. The first-order valence-electron chi connectivity index (χ1n) is 19.6. The number of rotatable bonds is 37. The lowest BCUT2D eigenvalue weighted by Crippen LogP contribution is -2.30. The van der Waals surface area contributed by atoms with Crippen LogP contribution >= 0.6 is 0 Å². The second-order valence-electron chi connectivity index (χ2n) is 14.0. The molecule has 0 saturated carbocycles. The number of hydrogen-bond acceptors (Lipinski definition) is 8. The zero-order chi connectivity index (χ0) is 35.0. The quantitative estimate of drug-likeness (QED) is 0.0653. The van der Waals surface area contributed by atoms with Crippen LogP contribution in [0.2, 0.25) is 0 Å². The number of ether oxygens (including phenoxy) is 7. The summed E-state index contributed by atoms with van der Waals surface area (Å²) in [5.74, 6) is 0. The van der Waals surface area contributed by atoms with E-state index in [4.69, 9.17) is 38.3 Å². The molecule has 0 saturated heterocycles. The van der Waals surface area contributed by atoms with E-state index in [0.29, 0.717) is 39.6 Å². The minimum Gasteiger partial charge on any atom is -0.394 e. The molecule has 0 fully saturated rings. The second-order valence-corrected chi connectivity index (χ2v) is 14.0. The summed E-state index contributed by atoms with van der Waals surface area (Å²) in [7, 11) is 0. The summed E-state index contributed by atoms with van der Waals surface area (Å²) < 4.78 is 40.9. The molecule has 0 bridgehead atoms. The van der Waals surface area contributed by atoms with Gasteiger partial charge in [0, 0.05) is 6.61 Å². The summed E-state index contributed by atoms with van der Waals surface area (Å²) in [6.45, 7) is 20.0. The Morgan fingerprint density at radius 3 is 0.830 bits per heavy atom. The van der Waals surface area contributed by atoms with Crippen LogP contribution in [0, 0.1) is 0 Å². The minimum atomic E-state index is -0.179. The first kappa shape index (κ1) is 46.7. The van der Waals surface area contributed by atoms with Gasteiger partial charge in [-0.05, 0) is 54.9 Å². The molecule has 7 atom stereocenters. The molecule has 0 heterocycles. The lowest BCUT2D eigenvalue weighted by atomic mass is 10.0. The SMILES string of the molecule is CCCCCCCCCCCCCCCCCCOC(C)COC(C)COC(C)COC(C)COC(C)COC(C)COC(C)CO. The van der Waals surface area contributed by atoms with Gasteiger partial charge in [0.25, 0.3) is 0 Å². The molecule has 0 aliphatic rings. The first-order chi connectivity index (χ1) is 22.7. The molecule has 47 heavy (non-hydrogen) atoms. The van der Waals surface area contributed by atoms with Crippen molar-refractivity contribution in [1.82, 2.24) is 0 Å². The lowest BCUT2D eigenvalue weighted by molar-refractivity contribution is -0.106. The van der Waals surface area contributed by atoms with Gasteiger partial charge >= 0.3 is 0 Å². The molecule has 0 amide bonds. The van der Waals surface area contributed by atoms with Crippen LogP contribution < -0.4 is 0 Å². The third kappa shape index (κ3) is 33.9. The van der Waals surface area contributed by atoms with Gasteiger partial charge < -0.3 is 38.3 Å². The van der Waals surface area contributed by atoms with E-state index in [0.717, 1.165) is 13.0 Å². The number of unbranched alkanes of at least 4 members (excludes halogenated alkanes) is 15. The van der Waals surface area contributed by atoms with Crippen molar-refractivity contribution in [2.45, 2.75) is 201 Å². The van der Waals surface area contributed by atoms with Crippen molar-refractivity contribution in [3.05, 3.63) is 0 Å². The van der Waals surface area contributed by atoms with Gasteiger partial charge in [0.05, 0.1) is 89.0 Å². The van der Waals surface area contributed by atoms with Gasteiger partial charge in [-0.2, -0.15) is 0 Å². The van der Waals surface area contributed by atoms with E-state index in [1.54, 1.807) is 0 Å². The third-order valence-electron chi connectivity index (χ3n) is 8.35. The Balaban J connectivity index is 3.60. The average Bonchev–Trinajstić information content (AvgIpc) is 3.07. The van der Waals surface area contributed by atoms with Crippen LogP contribution in [-0.4, -0.2) is 101 Å². The highest BCUT2D eigenvalue weighted by Crippen LogP contribution is 2.14. The van der Waals surface area contributed by atoms with Crippen molar-refractivity contribution in [2.24, 2.45) is 0 Å². The molecule has 284 valence electrons. The van der Waals surface area contributed by atoms with Crippen molar-refractivity contribution in [3.63, 3.8) is 0 Å². The maximum absolute atomic E-state index is 9.03. The fraction of sp³-hybridized carbons (Fsp3) is 1.00. The predicted molar refractivity (Wildman–Crippen MR) is 195 cm³/mol. The summed E-state index contributed by atoms with van der Waals surface area (Å²) in [5.41, 5.74) is 0. The van der Waals surface area contributed by atoms with Gasteiger partial charge in [0.15, 0.2) is 0 Å². The van der Waals surface area contributed by atoms with Crippen molar-refractivity contribution < 1.29 is 38.3 Å². The highest BCUT2D eigenvalue weighted by Gasteiger charge is 2.14. The smallest absolute Gasteiger partial charge is 0.0781 e. The van der Waals surface area contributed by atoms with Crippen LogP contribution in [0.1, 0.15) is 158 Å². The molecule has 0 aliphatic heterocycles. The third-order valence-corrected chi connectivity index (χ3v) is 8.35. The van der Waals surface area contributed by atoms with Gasteiger partial charge in [0.1, 0.15) is 0 Å². The molecule has 0 aromatic carbocycles. The standard InChI is InChI=1S/C39H80O8/c1-9-10-11-12-13-14-15-16-17-18-19-20-21-22-23-24-25-41-34(3)27-43-36(5)29-45-38(7)31-47-39(8)32-46-37(6)30-44-35(4)28-42-33(2)26-40/h33-40H,9-32H2,1-8H3. The zero-order valence-electron chi connectivity index (χ0n) is 32.3. The van der Waals surface area contributed by atoms with Crippen molar-refractivity contribution in [2.75, 3.05) is 52.9 Å². The van der Waals surface area contributed by atoms with Crippen molar-refractivity contribution in [1.29, 1.82) is 0 Å². The van der Waals surface area contributed by atoms with Gasteiger partial charge in [-0.15, -0.1) is 0 Å². The lowest BCUT2D eigenvalue weighted by Gasteiger charge is -2.22. The first-order valence-corrected chi connectivity index (χ1v) is 19.6. The molecule has 0 aromatic heterocycles. The summed E-state index contributed by atoms with van der Waals surface area (Å²) >= 11 is 0. The van der Waals surface area contributed by atoms with Gasteiger partial charge in [-0.3, -0.25) is 0 Å². The second kappa shape index (κ2) is 34.1. The minimum absolute atomic E-state index is 0.000276. The molecule has 8 nitrogen and oxygen atoms in total. The number of aliphatic hydroxyl groups excluding tert-OH is 1. The Morgan fingerprint density at radius 2 is 0.553 bits per heavy atom. The van der Waals surface area contributed by atoms with E-state index in [1.165, 1.54) is 96.3 Å². The van der Waals surface area contributed by atoms with Gasteiger partial charge in [-0.1, -0.05) is 103 Å². The summed E-state index contributed by atoms with van der Waals surface area (Å²) in [6.07, 6.45) is 21.9. The zero-order valence-corrected chi connectivity index (χ0v) is 32.3. The molecule has 0 aromatic rings. The number of aliphatic hydroxyl groups is 1. The van der Waals surface area contributed by atoms with Gasteiger partial charge in [0.2, 0.25) is 0 Å². The van der Waals surface area contributed by atoms with E-state index >= 15 is 0 Å². The van der Waals surface area contributed by atoms with Crippen LogP contribution in [0.4, 0.5) is 0 Å². The molecule has 1 N–H and O–H groups in total. The molecule has 0 spiro atoms. The van der Waals surface area contributed by atoms with E-state index in [2.05, 4.69) is 13.8 Å². The molecular formula is C39H80O8.